The van der Waals surface area contributed by atoms with Crippen molar-refractivity contribution in [2.24, 2.45) is 0 Å². The summed E-state index contributed by atoms with van der Waals surface area (Å²) in [4.78, 5) is 14.6. The maximum Gasteiger partial charge on any atom is 0.254 e. The number of nitrogens with zero attached hydrogens (tertiary/aromatic N) is 1. The number of alkyl halides is 1. The third-order valence-electron chi connectivity index (χ3n) is 3.33. The SMILES string of the molecule is CCCN(Cc1ccccc1)C(=O)c1cccc(CCl)c1. The van der Waals surface area contributed by atoms with Gasteiger partial charge in [-0.05, 0) is 29.7 Å². The number of hydrogen-bond donors (Lipinski definition) is 0. The number of rotatable bonds is 6. The summed E-state index contributed by atoms with van der Waals surface area (Å²) in [6.07, 6.45) is 0.938. The summed E-state index contributed by atoms with van der Waals surface area (Å²) < 4.78 is 0. The molecule has 0 heterocycles. The summed E-state index contributed by atoms with van der Waals surface area (Å²) in [5.74, 6) is 0.487. The lowest BCUT2D eigenvalue weighted by Gasteiger charge is -2.22. The van der Waals surface area contributed by atoms with Gasteiger partial charge in [0.2, 0.25) is 0 Å². The van der Waals surface area contributed by atoms with E-state index in [4.69, 9.17) is 11.6 Å². The molecule has 2 aromatic carbocycles. The molecule has 110 valence electrons. The molecule has 0 saturated heterocycles. The van der Waals surface area contributed by atoms with Crippen molar-refractivity contribution in [1.29, 1.82) is 0 Å². The molecule has 2 aromatic rings. The minimum absolute atomic E-state index is 0.0627. The Morgan fingerprint density at radius 2 is 1.76 bits per heavy atom. The van der Waals surface area contributed by atoms with Gasteiger partial charge < -0.3 is 4.90 Å². The van der Waals surface area contributed by atoms with Crippen LogP contribution in [0.4, 0.5) is 0 Å². The van der Waals surface area contributed by atoms with Gasteiger partial charge in [-0.3, -0.25) is 4.79 Å². The Balaban J connectivity index is 2.18. The Kier molecular flexibility index (Phi) is 5.82. The number of carbonyl (C=O) groups excluding carboxylic acids is 1. The molecule has 0 saturated carbocycles. The summed E-state index contributed by atoms with van der Waals surface area (Å²) in [5.41, 5.74) is 2.82. The lowest BCUT2D eigenvalue weighted by molar-refractivity contribution is 0.0743. The maximum absolute atomic E-state index is 12.7. The molecule has 0 spiro atoms. The van der Waals surface area contributed by atoms with Gasteiger partial charge in [0.1, 0.15) is 0 Å². The second kappa shape index (κ2) is 7.84. The van der Waals surface area contributed by atoms with Crippen molar-refractivity contribution in [3.63, 3.8) is 0 Å². The molecule has 0 fully saturated rings. The van der Waals surface area contributed by atoms with Crippen LogP contribution in [0.5, 0.6) is 0 Å². The molecule has 21 heavy (non-hydrogen) atoms. The zero-order valence-corrected chi connectivity index (χ0v) is 13.0. The van der Waals surface area contributed by atoms with Crippen molar-refractivity contribution in [3.8, 4) is 0 Å². The zero-order chi connectivity index (χ0) is 15.1. The van der Waals surface area contributed by atoms with Gasteiger partial charge >= 0.3 is 0 Å². The summed E-state index contributed by atoms with van der Waals surface area (Å²) in [5, 5.41) is 0. The Bertz CT molecular complexity index is 583. The van der Waals surface area contributed by atoms with E-state index in [1.807, 2.05) is 59.5 Å². The highest BCUT2D eigenvalue weighted by molar-refractivity contribution is 6.17. The number of amides is 1. The third kappa shape index (κ3) is 4.33. The van der Waals surface area contributed by atoms with Crippen molar-refractivity contribution < 1.29 is 4.79 Å². The van der Waals surface area contributed by atoms with E-state index in [1.165, 1.54) is 0 Å². The van der Waals surface area contributed by atoms with Crippen LogP contribution in [0.25, 0.3) is 0 Å². The smallest absolute Gasteiger partial charge is 0.254 e. The van der Waals surface area contributed by atoms with Crippen LogP contribution in [-0.4, -0.2) is 17.4 Å². The molecule has 0 aliphatic heterocycles. The first-order valence-corrected chi connectivity index (χ1v) is 7.76. The van der Waals surface area contributed by atoms with E-state index in [-0.39, 0.29) is 5.91 Å². The van der Waals surface area contributed by atoms with Crippen LogP contribution >= 0.6 is 11.6 Å². The number of benzene rings is 2. The summed E-state index contributed by atoms with van der Waals surface area (Å²) in [6.45, 7) is 3.47. The van der Waals surface area contributed by atoms with Gasteiger partial charge in [0.05, 0.1) is 0 Å². The molecule has 0 aliphatic rings. The standard InChI is InChI=1S/C18H20ClNO/c1-2-11-20(14-15-7-4-3-5-8-15)18(21)17-10-6-9-16(12-17)13-19/h3-10,12H,2,11,13-14H2,1H3. The molecule has 0 aromatic heterocycles. The minimum Gasteiger partial charge on any atom is -0.334 e. The quantitative estimate of drug-likeness (QED) is 0.721. The molecular formula is C18H20ClNO. The highest BCUT2D eigenvalue weighted by Gasteiger charge is 2.15. The van der Waals surface area contributed by atoms with E-state index in [0.717, 1.165) is 24.1 Å². The van der Waals surface area contributed by atoms with Crippen molar-refractivity contribution in [2.45, 2.75) is 25.8 Å². The van der Waals surface area contributed by atoms with Crippen LogP contribution in [-0.2, 0) is 12.4 Å². The number of carbonyl (C=O) groups is 1. The van der Waals surface area contributed by atoms with E-state index < -0.39 is 0 Å². The summed E-state index contributed by atoms with van der Waals surface area (Å²) >= 11 is 5.85. The predicted octanol–water partition coefficient (Wildman–Crippen LogP) is 4.48. The van der Waals surface area contributed by atoms with Crippen LogP contribution in [0.1, 0.15) is 34.8 Å². The fraction of sp³-hybridized carbons (Fsp3) is 0.278. The van der Waals surface area contributed by atoms with Gasteiger partial charge in [-0.2, -0.15) is 0 Å². The van der Waals surface area contributed by atoms with Crippen molar-refractivity contribution in [1.82, 2.24) is 4.90 Å². The second-order valence-corrected chi connectivity index (χ2v) is 5.31. The van der Waals surface area contributed by atoms with Gasteiger partial charge in [0.15, 0.2) is 0 Å². The first-order chi connectivity index (χ1) is 10.2. The van der Waals surface area contributed by atoms with Crippen LogP contribution in [0, 0.1) is 0 Å². The zero-order valence-electron chi connectivity index (χ0n) is 12.3. The van der Waals surface area contributed by atoms with Gasteiger partial charge in [-0.1, -0.05) is 49.4 Å². The monoisotopic (exact) mass is 301 g/mol. The van der Waals surface area contributed by atoms with Crippen LogP contribution in [0.3, 0.4) is 0 Å². The summed E-state index contributed by atoms with van der Waals surface area (Å²) in [7, 11) is 0. The molecule has 3 heteroatoms. The van der Waals surface area contributed by atoms with Gasteiger partial charge in [-0.25, -0.2) is 0 Å². The molecule has 2 rings (SSSR count). The van der Waals surface area contributed by atoms with E-state index in [9.17, 15) is 4.79 Å². The van der Waals surface area contributed by atoms with E-state index in [1.54, 1.807) is 0 Å². The maximum atomic E-state index is 12.7. The number of hydrogen-bond acceptors (Lipinski definition) is 1. The molecule has 2 nitrogen and oxygen atoms in total. The molecule has 0 atom stereocenters. The van der Waals surface area contributed by atoms with Gasteiger partial charge in [0.25, 0.3) is 5.91 Å². The number of halogens is 1. The summed E-state index contributed by atoms with van der Waals surface area (Å²) in [6, 6.07) is 17.6. The van der Waals surface area contributed by atoms with Crippen molar-refractivity contribution in [3.05, 3.63) is 71.3 Å². The first kappa shape index (κ1) is 15.6. The van der Waals surface area contributed by atoms with Crippen molar-refractivity contribution in [2.75, 3.05) is 6.54 Å². The molecule has 1 amide bonds. The fourth-order valence-corrected chi connectivity index (χ4v) is 2.46. The molecule has 0 unspecified atom stereocenters. The Morgan fingerprint density at radius 1 is 1.05 bits per heavy atom. The van der Waals surface area contributed by atoms with Gasteiger partial charge in [0, 0.05) is 24.5 Å². The molecular weight excluding hydrogens is 282 g/mol. The minimum atomic E-state index is 0.0627. The third-order valence-corrected chi connectivity index (χ3v) is 3.63. The highest BCUT2D eigenvalue weighted by atomic mass is 35.5. The fourth-order valence-electron chi connectivity index (χ4n) is 2.30. The van der Waals surface area contributed by atoms with Crippen LogP contribution < -0.4 is 0 Å². The lowest BCUT2D eigenvalue weighted by atomic mass is 10.1. The molecule has 0 N–H and O–H groups in total. The second-order valence-electron chi connectivity index (χ2n) is 5.05. The van der Waals surface area contributed by atoms with Gasteiger partial charge in [-0.15, -0.1) is 11.6 Å². The highest BCUT2D eigenvalue weighted by Crippen LogP contribution is 2.13. The van der Waals surface area contributed by atoms with Crippen molar-refractivity contribution >= 4 is 17.5 Å². The predicted molar refractivity (Wildman–Crippen MR) is 87.5 cm³/mol. The van der Waals surface area contributed by atoms with Crippen LogP contribution in [0.2, 0.25) is 0 Å². The molecule has 0 bridgehead atoms. The Morgan fingerprint density at radius 3 is 2.43 bits per heavy atom. The lowest BCUT2D eigenvalue weighted by Crippen LogP contribution is -2.31. The average Bonchev–Trinajstić information content (AvgIpc) is 2.55. The topological polar surface area (TPSA) is 20.3 Å². The largest absolute Gasteiger partial charge is 0.334 e. The van der Waals surface area contributed by atoms with E-state index in [2.05, 4.69) is 6.92 Å². The average molecular weight is 302 g/mol. The normalized spacial score (nSPS) is 10.4. The van der Waals surface area contributed by atoms with E-state index >= 15 is 0 Å². The molecule has 0 aliphatic carbocycles. The Hall–Kier alpha value is -1.80. The van der Waals surface area contributed by atoms with E-state index in [0.29, 0.717) is 18.0 Å². The van der Waals surface area contributed by atoms with Crippen LogP contribution in [0.15, 0.2) is 54.6 Å². The molecule has 0 radical (unpaired) electrons. The first-order valence-electron chi connectivity index (χ1n) is 7.22. The Labute approximate surface area is 131 Å².